The number of aliphatic hydroxyl groups is 1. The number of rotatable bonds is 57. The minimum atomic E-state index is -4.76. The van der Waals surface area contributed by atoms with Crippen LogP contribution in [-0.4, -0.2) is 64.9 Å². The summed E-state index contributed by atoms with van der Waals surface area (Å²) in [7, 11) is -4.76. The largest absolute Gasteiger partial charge is 0.480 e. The lowest BCUT2D eigenvalue weighted by Gasteiger charge is -2.18. The molecule has 0 saturated carbocycles. The highest BCUT2D eigenvalue weighted by Gasteiger charge is 2.28. The van der Waals surface area contributed by atoms with Gasteiger partial charge in [0.1, 0.15) is 12.7 Å². The number of aliphatic hydroxyl groups excluding tert-OH is 1. The second-order valence-electron chi connectivity index (χ2n) is 20.6. The maximum atomic E-state index is 12.4. The van der Waals surface area contributed by atoms with Crippen molar-refractivity contribution in [1.29, 1.82) is 0 Å². The van der Waals surface area contributed by atoms with Gasteiger partial charge < -0.3 is 25.2 Å². The molecule has 0 aliphatic rings. The van der Waals surface area contributed by atoms with Crippen LogP contribution in [0.5, 0.6) is 0 Å². The summed E-state index contributed by atoms with van der Waals surface area (Å²) in [6, 6.07) is -1.54. The van der Waals surface area contributed by atoms with Gasteiger partial charge in [-0.25, -0.2) is 9.36 Å². The molecule has 11 nitrogen and oxygen atoms in total. The summed E-state index contributed by atoms with van der Waals surface area (Å²) < 4.78 is 27.1. The lowest BCUT2D eigenvalue weighted by atomic mass is 10.0. The van der Waals surface area contributed by atoms with Crippen LogP contribution in [0.4, 0.5) is 0 Å². The standard InChI is InChI=1S/C57H112NO10P/c1-3-5-7-9-11-13-15-17-19-21-23-25-26-27-29-31-33-35-37-39-41-43-45-47-49-56(61)66-50-53(59)51-67-69(64,65)68-52-54(57(62)63)58-55(60)48-46-44-42-40-38-36-34-32-30-28-24-22-20-18-16-14-12-10-8-6-4-2/h53-54,59H,3-52H2,1-2H3,(H,58,60)(H,62,63)(H,64,65). The molecule has 12 heteroatoms. The molecule has 0 spiro atoms. The van der Waals surface area contributed by atoms with E-state index in [4.69, 9.17) is 13.8 Å². The molecule has 0 heterocycles. The smallest absolute Gasteiger partial charge is 0.472 e. The number of amides is 1. The first-order chi connectivity index (χ1) is 33.6. The number of carbonyl (C=O) groups is 3. The lowest BCUT2D eigenvalue weighted by Crippen LogP contribution is -2.43. The first-order valence-corrected chi connectivity index (χ1v) is 31.1. The number of carbonyl (C=O) groups excluding carboxylic acids is 2. The predicted octanol–water partition coefficient (Wildman–Crippen LogP) is 17.0. The van der Waals surface area contributed by atoms with Gasteiger partial charge in [0, 0.05) is 12.8 Å². The van der Waals surface area contributed by atoms with Gasteiger partial charge in [0.25, 0.3) is 0 Å². The van der Waals surface area contributed by atoms with Crippen LogP contribution < -0.4 is 5.32 Å². The number of hydrogen-bond donors (Lipinski definition) is 4. The van der Waals surface area contributed by atoms with Crippen LogP contribution in [0, 0.1) is 0 Å². The van der Waals surface area contributed by atoms with Gasteiger partial charge in [-0.05, 0) is 12.8 Å². The van der Waals surface area contributed by atoms with Crippen molar-refractivity contribution in [2.45, 2.75) is 328 Å². The molecule has 69 heavy (non-hydrogen) atoms. The third kappa shape index (κ3) is 52.6. The van der Waals surface area contributed by atoms with E-state index in [1.807, 2.05) is 0 Å². The second kappa shape index (κ2) is 52.8. The van der Waals surface area contributed by atoms with Crippen LogP contribution in [0.2, 0.25) is 0 Å². The molecule has 0 saturated heterocycles. The Labute approximate surface area is 424 Å². The van der Waals surface area contributed by atoms with E-state index < -0.39 is 57.6 Å². The number of unbranched alkanes of at least 4 members (excludes halogenated alkanes) is 43. The van der Waals surface area contributed by atoms with Gasteiger partial charge in [-0.15, -0.1) is 0 Å². The number of carboxylic acid groups (broad SMARTS) is 1. The lowest BCUT2D eigenvalue weighted by molar-refractivity contribution is -0.147. The van der Waals surface area contributed by atoms with Crippen LogP contribution in [0.1, 0.15) is 316 Å². The van der Waals surface area contributed by atoms with Crippen molar-refractivity contribution in [3.63, 3.8) is 0 Å². The first-order valence-electron chi connectivity index (χ1n) is 29.6. The van der Waals surface area contributed by atoms with E-state index in [9.17, 15) is 34.1 Å². The van der Waals surface area contributed by atoms with Crippen LogP contribution in [-0.2, 0) is 32.7 Å². The average molecular weight is 1000 g/mol. The number of esters is 1. The van der Waals surface area contributed by atoms with E-state index in [0.717, 1.165) is 38.5 Å². The van der Waals surface area contributed by atoms with E-state index in [1.54, 1.807) is 0 Å². The van der Waals surface area contributed by atoms with Crippen molar-refractivity contribution < 1.29 is 47.8 Å². The number of nitrogens with one attached hydrogen (secondary N) is 1. The molecule has 0 radical (unpaired) electrons. The predicted molar refractivity (Wildman–Crippen MR) is 287 cm³/mol. The zero-order chi connectivity index (χ0) is 50.6. The van der Waals surface area contributed by atoms with Crippen molar-refractivity contribution >= 4 is 25.7 Å². The Morgan fingerprint density at radius 1 is 0.406 bits per heavy atom. The van der Waals surface area contributed by atoms with Crippen LogP contribution in [0.15, 0.2) is 0 Å². The Bertz CT molecular complexity index is 1170. The molecule has 0 aromatic heterocycles. The number of phosphoric ester groups is 1. The Kier molecular flexibility index (Phi) is 51.6. The van der Waals surface area contributed by atoms with Crippen molar-refractivity contribution in [3.8, 4) is 0 Å². The number of hydrogen-bond acceptors (Lipinski definition) is 8. The van der Waals surface area contributed by atoms with Gasteiger partial charge in [-0.2, -0.15) is 0 Å². The molecule has 3 unspecified atom stereocenters. The van der Waals surface area contributed by atoms with Gasteiger partial charge in [0.15, 0.2) is 6.04 Å². The van der Waals surface area contributed by atoms with E-state index in [0.29, 0.717) is 12.8 Å². The molecule has 0 rings (SSSR count). The maximum Gasteiger partial charge on any atom is 0.472 e. The molecular formula is C57H112NO10P. The molecule has 0 aromatic carbocycles. The van der Waals surface area contributed by atoms with E-state index in [1.165, 1.54) is 238 Å². The number of aliphatic carboxylic acids is 1. The summed E-state index contributed by atoms with van der Waals surface area (Å²) in [6.07, 6.45) is 57.1. The van der Waals surface area contributed by atoms with Crippen molar-refractivity contribution in [3.05, 3.63) is 0 Å². The van der Waals surface area contributed by atoms with Gasteiger partial charge in [-0.3, -0.25) is 18.6 Å². The zero-order valence-electron chi connectivity index (χ0n) is 45.2. The quantitative estimate of drug-likeness (QED) is 0.0261. The number of phosphoric acid groups is 1. The highest BCUT2D eigenvalue weighted by atomic mass is 31.2. The number of carboxylic acids is 1. The maximum absolute atomic E-state index is 12.4. The fourth-order valence-electron chi connectivity index (χ4n) is 9.09. The molecule has 0 aliphatic heterocycles. The summed E-state index contributed by atoms with van der Waals surface area (Å²) in [5.74, 6) is -2.34. The van der Waals surface area contributed by atoms with Crippen LogP contribution >= 0.6 is 7.82 Å². The molecule has 0 aliphatic carbocycles. The van der Waals surface area contributed by atoms with Gasteiger partial charge in [-0.1, -0.05) is 290 Å². The Morgan fingerprint density at radius 2 is 0.667 bits per heavy atom. The SMILES string of the molecule is CCCCCCCCCCCCCCCCCCCCCCCCCCC(=O)OCC(O)COP(=O)(O)OCC(NC(=O)CCCCCCCCCCCCCCCCCCCCCCC)C(=O)O. The highest BCUT2D eigenvalue weighted by Crippen LogP contribution is 2.43. The third-order valence-corrected chi connectivity index (χ3v) is 14.6. The summed E-state index contributed by atoms with van der Waals surface area (Å²) in [5, 5.41) is 22.0. The molecule has 0 aromatic rings. The fraction of sp³-hybridized carbons (Fsp3) is 0.947. The summed E-state index contributed by atoms with van der Waals surface area (Å²) in [4.78, 5) is 46.3. The normalized spacial score (nSPS) is 13.3. The Hall–Kier alpha value is -1.52. The van der Waals surface area contributed by atoms with Crippen LogP contribution in [0.3, 0.4) is 0 Å². The third-order valence-electron chi connectivity index (χ3n) is 13.6. The molecule has 4 N–H and O–H groups in total. The minimum absolute atomic E-state index is 0.153. The first kappa shape index (κ1) is 67.5. The van der Waals surface area contributed by atoms with E-state index in [-0.39, 0.29) is 12.8 Å². The zero-order valence-corrected chi connectivity index (χ0v) is 46.1. The monoisotopic (exact) mass is 1000 g/mol. The molecule has 410 valence electrons. The van der Waals surface area contributed by atoms with Gasteiger partial charge in [0.2, 0.25) is 5.91 Å². The molecule has 1 amide bonds. The van der Waals surface area contributed by atoms with Crippen LogP contribution in [0.25, 0.3) is 0 Å². The summed E-state index contributed by atoms with van der Waals surface area (Å²) in [6.45, 7) is 2.68. The topological polar surface area (TPSA) is 169 Å². The molecule has 3 atom stereocenters. The molecule has 0 fully saturated rings. The highest BCUT2D eigenvalue weighted by molar-refractivity contribution is 7.47. The Morgan fingerprint density at radius 3 is 0.957 bits per heavy atom. The van der Waals surface area contributed by atoms with Gasteiger partial charge >= 0.3 is 19.8 Å². The minimum Gasteiger partial charge on any atom is -0.480 e. The molecular weight excluding hydrogens is 890 g/mol. The van der Waals surface area contributed by atoms with Gasteiger partial charge in [0.05, 0.1) is 13.2 Å². The second-order valence-corrected chi connectivity index (χ2v) is 22.0. The molecule has 0 bridgehead atoms. The van der Waals surface area contributed by atoms with E-state index >= 15 is 0 Å². The van der Waals surface area contributed by atoms with Crippen molar-refractivity contribution in [2.75, 3.05) is 19.8 Å². The number of ether oxygens (including phenoxy) is 1. The summed E-state index contributed by atoms with van der Waals surface area (Å²) >= 11 is 0. The van der Waals surface area contributed by atoms with Crippen molar-refractivity contribution in [1.82, 2.24) is 5.32 Å². The fourth-order valence-corrected chi connectivity index (χ4v) is 9.86. The van der Waals surface area contributed by atoms with E-state index in [2.05, 4.69) is 19.2 Å². The summed E-state index contributed by atoms with van der Waals surface area (Å²) in [5.41, 5.74) is 0. The Balaban J connectivity index is 3.70. The average Bonchev–Trinajstić information content (AvgIpc) is 3.33. The van der Waals surface area contributed by atoms with Crippen molar-refractivity contribution in [2.24, 2.45) is 0 Å².